The number of nitrogens with zero attached hydrogens (tertiary/aromatic N) is 6. The molecule has 4 N–H and O–H groups in total. The summed E-state index contributed by atoms with van der Waals surface area (Å²) >= 11 is 0. The highest BCUT2D eigenvalue weighted by atomic mass is 16.5. The van der Waals surface area contributed by atoms with Crippen molar-refractivity contribution < 1.29 is 14.6 Å². The van der Waals surface area contributed by atoms with Crippen LogP contribution in [-0.2, 0) is 16.9 Å². The van der Waals surface area contributed by atoms with Crippen molar-refractivity contribution in [3.8, 4) is 23.1 Å². The average molecular weight is 561 g/mol. The van der Waals surface area contributed by atoms with Crippen molar-refractivity contribution in [2.75, 3.05) is 11.9 Å². The van der Waals surface area contributed by atoms with Crippen molar-refractivity contribution >= 4 is 23.8 Å². The van der Waals surface area contributed by atoms with Crippen LogP contribution in [0.25, 0.3) is 11.3 Å². The molecular weight excluding hydrogens is 532 g/mol. The zero-order chi connectivity index (χ0) is 29.4. The summed E-state index contributed by atoms with van der Waals surface area (Å²) in [6.07, 6.45) is 3.83. The Bertz CT molecular complexity index is 1680. The number of amides is 1. The molecule has 11 heteroatoms. The molecule has 1 fully saturated rings. The van der Waals surface area contributed by atoms with Crippen LogP contribution in [0, 0.1) is 11.3 Å². The highest BCUT2D eigenvalue weighted by Crippen LogP contribution is 2.40. The quantitative estimate of drug-likeness (QED) is 0.149. The maximum Gasteiger partial charge on any atom is 0.264 e. The number of nitriles is 1. The lowest BCUT2D eigenvalue weighted by Gasteiger charge is -2.36. The molecule has 0 atom stereocenters. The first-order chi connectivity index (χ1) is 20.5. The number of hydrazone groups is 1. The zero-order valence-electron chi connectivity index (χ0n) is 22.6. The van der Waals surface area contributed by atoms with E-state index in [2.05, 4.69) is 36.4 Å². The third kappa shape index (κ3) is 6.80. The number of ether oxygens (including phenoxy) is 1. The van der Waals surface area contributed by atoms with Crippen molar-refractivity contribution in [2.24, 2.45) is 15.9 Å². The Morgan fingerprint density at radius 1 is 1.07 bits per heavy atom. The fourth-order valence-corrected chi connectivity index (χ4v) is 4.34. The molecule has 4 aromatic rings. The number of benzene rings is 2. The summed E-state index contributed by atoms with van der Waals surface area (Å²) in [6.45, 7) is -0.0250. The Kier molecular flexibility index (Phi) is 8.56. The number of hydrogen-bond donors (Lipinski definition) is 3. The number of nitrogens with two attached hydrogens (primary N) is 1. The molecule has 0 saturated heterocycles. The van der Waals surface area contributed by atoms with Gasteiger partial charge in [-0.15, -0.1) is 0 Å². The fraction of sp³-hybridized carbons (Fsp3) is 0.194. The predicted molar refractivity (Wildman–Crippen MR) is 158 cm³/mol. The van der Waals surface area contributed by atoms with E-state index in [4.69, 9.17) is 10.6 Å². The van der Waals surface area contributed by atoms with E-state index in [0.29, 0.717) is 52.5 Å². The maximum absolute atomic E-state index is 12.7. The van der Waals surface area contributed by atoms with Crippen LogP contribution in [0.3, 0.4) is 0 Å². The van der Waals surface area contributed by atoms with Crippen molar-refractivity contribution in [3.05, 3.63) is 102 Å². The number of hydrogen-bond acceptors (Lipinski definition) is 10. The monoisotopic (exact) mass is 560 g/mol. The molecule has 1 aliphatic rings. The Morgan fingerprint density at radius 3 is 2.62 bits per heavy atom. The molecule has 11 nitrogen and oxygen atoms in total. The van der Waals surface area contributed by atoms with E-state index in [-0.39, 0.29) is 24.8 Å². The number of carbonyl (C=O) groups excluding carboxylic acids is 1. The summed E-state index contributed by atoms with van der Waals surface area (Å²) in [7, 11) is 0. The molecule has 0 aliphatic heterocycles. The SMILES string of the molecule is N#Cc1cccc(-c2cc(C(C=NCc3cccc(C4(O)CCC4)n3)=NN)nc(NC(=O)COc3ccccc3)n2)c1. The summed E-state index contributed by atoms with van der Waals surface area (Å²) < 4.78 is 5.53. The summed E-state index contributed by atoms with van der Waals surface area (Å²) in [6, 6.07) is 25.1. The van der Waals surface area contributed by atoms with Crippen LogP contribution in [0.1, 0.15) is 41.9 Å². The lowest BCUT2D eigenvalue weighted by atomic mass is 9.77. The minimum Gasteiger partial charge on any atom is -0.484 e. The van der Waals surface area contributed by atoms with Gasteiger partial charge >= 0.3 is 0 Å². The van der Waals surface area contributed by atoms with E-state index in [9.17, 15) is 15.2 Å². The normalized spacial score (nSPS) is 14.1. The molecule has 5 rings (SSSR count). The third-order valence-electron chi connectivity index (χ3n) is 6.71. The molecule has 1 aliphatic carbocycles. The summed E-state index contributed by atoms with van der Waals surface area (Å²) in [5, 5.41) is 26.5. The molecule has 1 amide bonds. The molecule has 2 aromatic carbocycles. The average Bonchev–Trinajstić information content (AvgIpc) is 3.01. The second-order valence-electron chi connectivity index (χ2n) is 9.69. The molecular formula is C31H28N8O3. The summed E-state index contributed by atoms with van der Waals surface area (Å²) in [5.41, 5.74) is 2.53. The lowest BCUT2D eigenvalue weighted by molar-refractivity contribution is -0.118. The minimum atomic E-state index is -0.864. The van der Waals surface area contributed by atoms with Crippen LogP contribution in [0.5, 0.6) is 5.75 Å². The largest absolute Gasteiger partial charge is 0.484 e. The number of anilines is 1. The minimum absolute atomic E-state index is 0.00387. The molecule has 0 unspecified atom stereocenters. The predicted octanol–water partition coefficient (Wildman–Crippen LogP) is 3.73. The zero-order valence-corrected chi connectivity index (χ0v) is 22.6. The molecule has 42 heavy (non-hydrogen) atoms. The van der Waals surface area contributed by atoms with Gasteiger partial charge in [-0.1, -0.05) is 36.4 Å². The van der Waals surface area contributed by atoms with Crippen molar-refractivity contribution in [3.63, 3.8) is 0 Å². The first-order valence-corrected chi connectivity index (χ1v) is 13.3. The number of rotatable bonds is 10. The fourth-order valence-electron chi connectivity index (χ4n) is 4.34. The van der Waals surface area contributed by atoms with Gasteiger partial charge in [0.1, 0.15) is 17.1 Å². The number of aliphatic hydroxyl groups is 1. The number of para-hydroxylation sites is 1. The van der Waals surface area contributed by atoms with Gasteiger partial charge in [0.15, 0.2) is 6.61 Å². The molecule has 210 valence electrons. The molecule has 2 aromatic heterocycles. The van der Waals surface area contributed by atoms with E-state index in [0.717, 1.165) is 6.42 Å². The van der Waals surface area contributed by atoms with Gasteiger partial charge in [0, 0.05) is 5.56 Å². The Balaban J connectivity index is 1.38. The number of aromatic nitrogens is 3. The van der Waals surface area contributed by atoms with Crippen molar-refractivity contribution in [1.82, 2.24) is 15.0 Å². The number of pyridine rings is 1. The molecule has 2 heterocycles. The summed E-state index contributed by atoms with van der Waals surface area (Å²) in [4.78, 5) is 30.6. The second kappa shape index (κ2) is 12.8. The Labute approximate surface area is 242 Å². The standard InChI is InChI=1S/C31H28N8O3/c32-17-21-7-4-8-22(15-21)25-16-26(37-30(36-25)38-29(40)20-42-24-10-2-1-3-11-24)27(39-33)19-34-18-23-9-5-12-28(35-23)31(41)13-6-14-31/h1-5,7-12,15-16,19,41H,6,13-14,18,20,33H2,(H,36,37,38,40). The van der Waals surface area contributed by atoms with Crippen LogP contribution in [0.15, 0.2) is 89.0 Å². The Hall–Kier alpha value is -5.47. The maximum atomic E-state index is 12.7. The third-order valence-corrected chi connectivity index (χ3v) is 6.71. The van der Waals surface area contributed by atoms with E-state index in [1.807, 2.05) is 24.3 Å². The number of nitrogens with one attached hydrogen (secondary N) is 1. The van der Waals surface area contributed by atoms with Crippen LogP contribution >= 0.6 is 0 Å². The van der Waals surface area contributed by atoms with Crippen molar-refractivity contribution in [1.29, 1.82) is 5.26 Å². The second-order valence-corrected chi connectivity index (χ2v) is 9.69. The highest BCUT2D eigenvalue weighted by Gasteiger charge is 2.37. The first-order valence-electron chi connectivity index (χ1n) is 13.3. The number of carbonyl (C=O) groups is 1. The van der Waals surface area contributed by atoms with Gasteiger partial charge < -0.3 is 15.7 Å². The van der Waals surface area contributed by atoms with Crippen molar-refractivity contribution in [2.45, 2.75) is 31.4 Å². The van der Waals surface area contributed by atoms with E-state index >= 15 is 0 Å². The molecule has 1 saturated carbocycles. The van der Waals surface area contributed by atoms with Crippen LogP contribution in [-0.4, -0.2) is 44.5 Å². The van der Waals surface area contributed by atoms with Gasteiger partial charge in [-0.25, -0.2) is 9.97 Å². The van der Waals surface area contributed by atoms with Gasteiger partial charge in [-0.2, -0.15) is 10.4 Å². The van der Waals surface area contributed by atoms with Gasteiger partial charge in [0.05, 0.1) is 47.2 Å². The molecule has 0 bridgehead atoms. The van der Waals surface area contributed by atoms with Gasteiger partial charge in [0.25, 0.3) is 5.91 Å². The lowest BCUT2D eigenvalue weighted by Crippen LogP contribution is -2.34. The van der Waals surface area contributed by atoms with Crippen LogP contribution in [0.2, 0.25) is 0 Å². The Morgan fingerprint density at radius 2 is 1.88 bits per heavy atom. The van der Waals surface area contributed by atoms with Crippen LogP contribution < -0.4 is 15.9 Å². The smallest absolute Gasteiger partial charge is 0.264 e. The van der Waals surface area contributed by atoms with E-state index < -0.39 is 11.5 Å². The molecule has 0 spiro atoms. The van der Waals surface area contributed by atoms with Gasteiger partial charge in [0.2, 0.25) is 5.95 Å². The molecule has 0 radical (unpaired) electrons. The highest BCUT2D eigenvalue weighted by molar-refractivity contribution is 6.37. The van der Waals surface area contributed by atoms with E-state index in [1.165, 1.54) is 6.21 Å². The van der Waals surface area contributed by atoms with Crippen LogP contribution in [0.4, 0.5) is 5.95 Å². The van der Waals surface area contributed by atoms with Gasteiger partial charge in [-0.05, 0) is 61.7 Å². The van der Waals surface area contributed by atoms with Gasteiger partial charge in [-0.3, -0.25) is 20.1 Å². The number of aliphatic imine (C=N–C) groups is 1. The first kappa shape index (κ1) is 28.1. The topological polar surface area (TPSA) is 172 Å². The van der Waals surface area contributed by atoms with E-state index in [1.54, 1.807) is 54.6 Å². The summed E-state index contributed by atoms with van der Waals surface area (Å²) in [5.74, 6) is 5.81.